The number of fused-ring (bicyclic) bond motifs is 2. The summed E-state index contributed by atoms with van der Waals surface area (Å²) in [6.07, 6.45) is 1.08. The number of amides is 3. The molecule has 172 valence electrons. The molecule has 9 nitrogen and oxygen atoms in total. The van der Waals surface area contributed by atoms with E-state index in [1.54, 1.807) is 26.8 Å². The molecule has 1 aliphatic rings. The number of nitrogens with one attached hydrogen (secondary N) is 1. The summed E-state index contributed by atoms with van der Waals surface area (Å²) >= 11 is 0. The summed E-state index contributed by atoms with van der Waals surface area (Å²) in [6.45, 7) is 5.49. The third kappa shape index (κ3) is 4.96. The Balaban J connectivity index is 1.72. The van der Waals surface area contributed by atoms with E-state index in [1.807, 2.05) is 42.5 Å². The first-order chi connectivity index (χ1) is 16.2. The lowest BCUT2D eigenvalue weighted by Crippen LogP contribution is -2.46. The number of hydrogen-bond acceptors (Lipinski definition) is 7. The van der Waals surface area contributed by atoms with Crippen molar-refractivity contribution in [3.8, 4) is 28.8 Å². The number of aromatic nitrogens is 2. The largest absolute Gasteiger partial charge is 0.443 e. The van der Waals surface area contributed by atoms with Gasteiger partial charge in [-0.15, -0.1) is 0 Å². The first kappa shape index (κ1) is 22.7. The number of nitrogens with zero attached hydrogens (tertiary/aromatic N) is 4. The van der Waals surface area contributed by atoms with Crippen LogP contribution < -0.4 is 15.0 Å². The topological polar surface area (TPSA) is 117 Å². The average molecular weight is 457 g/mol. The Morgan fingerprint density at radius 3 is 2.59 bits per heavy atom. The van der Waals surface area contributed by atoms with E-state index in [0.29, 0.717) is 24.4 Å². The third-order valence-corrected chi connectivity index (χ3v) is 4.99. The number of ether oxygens (including phenoxy) is 2. The lowest BCUT2D eigenvalue weighted by Gasteiger charge is -2.32. The van der Waals surface area contributed by atoms with Crippen molar-refractivity contribution in [3.05, 3.63) is 66.1 Å². The zero-order valence-electron chi connectivity index (χ0n) is 19.0. The number of alkyl carbamates (subject to hydrolysis) is 1. The van der Waals surface area contributed by atoms with Gasteiger partial charge in [0.25, 0.3) is 0 Å². The second kappa shape index (κ2) is 9.19. The van der Waals surface area contributed by atoms with Gasteiger partial charge >= 0.3 is 12.1 Å². The molecule has 3 aromatic rings. The van der Waals surface area contributed by atoms with Crippen LogP contribution in [0.25, 0.3) is 11.1 Å². The van der Waals surface area contributed by atoms with Gasteiger partial charge in [0.15, 0.2) is 5.75 Å². The van der Waals surface area contributed by atoms with Gasteiger partial charge in [0.05, 0.1) is 5.69 Å². The predicted octanol–water partition coefficient (Wildman–Crippen LogP) is 4.81. The number of carbonyl (C=O) groups excluding carboxylic acids is 2. The maximum absolute atomic E-state index is 13.0. The molecule has 0 spiro atoms. The molecule has 0 unspecified atom stereocenters. The summed E-state index contributed by atoms with van der Waals surface area (Å²) in [5.41, 5.74) is 2.58. The smallest absolute Gasteiger partial charge is 0.415 e. The van der Waals surface area contributed by atoms with Gasteiger partial charge in [-0.05, 0) is 44.4 Å². The van der Waals surface area contributed by atoms with Crippen molar-refractivity contribution in [2.24, 2.45) is 0 Å². The van der Waals surface area contributed by atoms with Crippen molar-refractivity contribution in [2.45, 2.75) is 32.8 Å². The highest BCUT2D eigenvalue weighted by Gasteiger charge is 2.31. The van der Waals surface area contributed by atoms with Gasteiger partial charge < -0.3 is 9.47 Å². The van der Waals surface area contributed by atoms with Crippen LogP contribution in [0, 0.1) is 11.3 Å². The summed E-state index contributed by atoms with van der Waals surface area (Å²) in [4.78, 5) is 34.5. The quantitative estimate of drug-likeness (QED) is 0.599. The maximum atomic E-state index is 13.0. The molecule has 4 rings (SSSR count). The van der Waals surface area contributed by atoms with E-state index in [1.165, 1.54) is 17.2 Å². The van der Waals surface area contributed by atoms with Crippen LogP contribution in [-0.4, -0.2) is 34.2 Å². The minimum atomic E-state index is -0.832. The Kier molecular flexibility index (Phi) is 6.15. The molecule has 2 aromatic carbocycles. The van der Waals surface area contributed by atoms with Gasteiger partial charge in [-0.2, -0.15) is 10.2 Å². The number of carbonyl (C=O) groups is 2. The zero-order valence-corrected chi connectivity index (χ0v) is 19.0. The monoisotopic (exact) mass is 457 g/mol. The molecule has 1 N–H and O–H groups in total. The van der Waals surface area contributed by atoms with Crippen molar-refractivity contribution >= 4 is 17.8 Å². The van der Waals surface area contributed by atoms with Gasteiger partial charge in [0, 0.05) is 24.4 Å². The molecule has 2 bridgehead atoms. The van der Waals surface area contributed by atoms with E-state index in [9.17, 15) is 9.59 Å². The van der Waals surface area contributed by atoms with Crippen LogP contribution in [0.5, 0.6) is 11.6 Å². The normalized spacial score (nSPS) is 12.5. The highest BCUT2D eigenvalue weighted by molar-refractivity contribution is 6.03. The first-order valence-corrected chi connectivity index (χ1v) is 10.7. The van der Waals surface area contributed by atoms with Crippen LogP contribution in [0.4, 0.5) is 15.3 Å². The van der Waals surface area contributed by atoms with Gasteiger partial charge in [0.2, 0.25) is 11.7 Å². The van der Waals surface area contributed by atoms with Crippen LogP contribution in [0.2, 0.25) is 0 Å². The van der Waals surface area contributed by atoms with Gasteiger partial charge in [-0.1, -0.05) is 36.4 Å². The number of anilines is 1. The second-order valence-corrected chi connectivity index (χ2v) is 8.57. The Labute approximate surface area is 197 Å². The summed E-state index contributed by atoms with van der Waals surface area (Å²) in [7, 11) is 0. The molecule has 0 radical (unpaired) electrons. The number of hydrogen-bond donors (Lipinski definition) is 1. The Morgan fingerprint density at radius 2 is 1.88 bits per heavy atom. The van der Waals surface area contributed by atoms with E-state index in [0.717, 1.165) is 16.7 Å². The second-order valence-electron chi connectivity index (χ2n) is 8.57. The Bertz CT molecular complexity index is 1280. The summed E-state index contributed by atoms with van der Waals surface area (Å²) in [6, 6.07) is 16.3. The summed E-state index contributed by atoms with van der Waals surface area (Å²) < 4.78 is 11.3. The van der Waals surface area contributed by atoms with Crippen LogP contribution in [0.3, 0.4) is 0 Å². The molecule has 2 heterocycles. The highest BCUT2D eigenvalue weighted by atomic mass is 16.6. The molecule has 0 aliphatic carbocycles. The fourth-order valence-electron chi connectivity index (χ4n) is 3.65. The fourth-order valence-corrected chi connectivity index (χ4v) is 3.65. The standard InChI is InChI=1S/C25H23N5O4/c1-25(2,3)34-24(32)29-23(31)30-14-12-18-17(16-7-5-4-6-8-16)9-10-19(30)22(18)33-21-11-13-27-20(15-26)28-21/h4-11,13H,12,14H2,1-3H3,(H,29,31,32). The van der Waals surface area contributed by atoms with E-state index >= 15 is 0 Å². The molecule has 3 amide bonds. The molecule has 0 fully saturated rings. The van der Waals surface area contributed by atoms with Crippen molar-refractivity contribution in [1.82, 2.24) is 15.3 Å². The van der Waals surface area contributed by atoms with Crippen molar-refractivity contribution in [3.63, 3.8) is 0 Å². The molecule has 9 heteroatoms. The predicted molar refractivity (Wildman–Crippen MR) is 125 cm³/mol. The van der Waals surface area contributed by atoms with Crippen LogP contribution in [0.15, 0.2) is 54.7 Å². The molecule has 0 saturated heterocycles. The molecule has 34 heavy (non-hydrogen) atoms. The maximum Gasteiger partial charge on any atom is 0.415 e. The van der Waals surface area contributed by atoms with E-state index < -0.39 is 17.7 Å². The van der Waals surface area contributed by atoms with E-state index in [-0.39, 0.29) is 11.7 Å². The third-order valence-electron chi connectivity index (χ3n) is 4.99. The summed E-state index contributed by atoms with van der Waals surface area (Å²) in [5, 5.41) is 11.4. The Hall–Kier alpha value is -4.45. The van der Waals surface area contributed by atoms with E-state index in [2.05, 4.69) is 15.3 Å². The minimum Gasteiger partial charge on any atom is -0.443 e. The van der Waals surface area contributed by atoms with Crippen LogP contribution in [-0.2, 0) is 11.2 Å². The average Bonchev–Trinajstić information content (AvgIpc) is 2.78. The molecule has 1 aromatic heterocycles. The lowest BCUT2D eigenvalue weighted by molar-refractivity contribution is 0.0549. The number of nitriles is 1. The highest BCUT2D eigenvalue weighted by Crippen LogP contribution is 2.44. The van der Waals surface area contributed by atoms with Crippen molar-refractivity contribution < 1.29 is 19.1 Å². The molecule has 0 saturated carbocycles. The van der Waals surface area contributed by atoms with Gasteiger partial charge in [-0.3, -0.25) is 4.90 Å². The molecule has 1 aliphatic heterocycles. The van der Waals surface area contributed by atoms with E-state index in [4.69, 9.17) is 14.7 Å². The lowest BCUT2D eigenvalue weighted by atomic mass is 9.93. The number of urea groups is 1. The van der Waals surface area contributed by atoms with Gasteiger partial charge in [-0.25, -0.2) is 19.9 Å². The Morgan fingerprint density at radius 1 is 1.12 bits per heavy atom. The number of imide groups is 1. The summed E-state index contributed by atoms with van der Waals surface area (Å²) in [5.74, 6) is 0.569. The SMILES string of the molecule is CC(C)(C)OC(=O)NC(=O)N1CCc2c(-c3ccccc3)ccc1c2Oc1ccnc(C#N)n1. The number of rotatable bonds is 3. The fraction of sp³-hybridized carbons (Fsp3) is 0.240. The van der Waals surface area contributed by atoms with Crippen LogP contribution >= 0.6 is 0 Å². The minimum absolute atomic E-state index is 0.0311. The van der Waals surface area contributed by atoms with Crippen molar-refractivity contribution in [1.29, 1.82) is 5.26 Å². The van der Waals surface area contributed by atoms with Crippen molar-refractivity contribution in [2.75, 3.05) is 11.4 Å². The first-order valence-electron chi connectivity index (χ1n) is 10.7. The molecular weight excluding hydrogens is 434 g/mol. The van der Waals surface area contributed by atoms with Gasteiger partial charge in [0.1, 0.15) is 11.7 Å². The molecule has 0 atom stereocenters. The van der Waals surface area contributed by atoms with Crippen LogP contribution in [0.1, 0.15) is 32.2 Å². The molecular formula is C25H23N5O4. The number of benzene rings is 2. The zero-order chi connectivity index (χ0) is 24.3.